The molecule has 2 aliphatic rings. The highest BCUT2D eigenvalue weighted by atomic mass is 35.5. The third kappa shape index (κ3) is 4.03. The van der Waals surface area contributed by atoms with Gasteiger partial charge in [-0.3, -0.25) is 4.79 Å². The molecule has 2 fully saturated rings. The van der Waals surface area contributed by atoms with Gasteiger partial charge in [-0.05, 0) is 56.5 Å². The van der Waals surface area contributed by atoms with Crippen molar-refractivity contribution in [1.29, 1.82) is 0 Å². The molecule has 0 atom stereocenters. The maximum absolute atomic E-state index is 13.6. The van der Waals surface area contributed by atoms with Gasteiger partial charge in [0.1, 0.15) is 5.82 Å². The van der Waals surface area contributed by atoms with Crippen LogP contribution in [0.2, 0.25) is 0 Å². The number of hydrogen-bond donors (Lipinski definition) is 2. The average molecular weight is 343 g/mol. The largest absolute Gasteiger partial charge is 0.381 e. The van der Waals surface area contributed by atoms with Gasteiger partial charge in [0.25, 0.3) is 0 Å². The average Bonchev–Trinajstić information content (AvgIpc) is 2.56. The molecule has 0 radical (unpaired) electrons. The van der Waals surface area contributed by atoms with Crippen molar-refractivity contribution in [2.24, 2.45) is 0 Å². The molecular weight excluding hydrogens is 319 g/mol. The fourth-order valence-corrected chi connectivity index (χ4v) is 3.44. The van der Waals surface area contributed by atoms with Gasteiger partial charge in [-0.25, -0.2) is 4.39 Å². The van der Waals surface area contributed by atoms with E-state index in [2.05, 4.69) is 10.6 Å². The second kappa shape index (κ2) is 8.08. The fourth-order valence-electron chi connectivity index (χ4n) is 3.44. The van der Waals surface area contributed by atoms with Crippen LogP contribution >= 0.6 is 12.4 Å². The molecular formula is C17H24ClFN2O2. The van der Waals surface area contributed by atoms with Crippen LogP contribution in [0.25, 0.3) is 0 Å². The number of piperidine rings is 1. The highest BCUT2D eigenvalue weighted by molar-refractivity contribution is 5.88. The Morgan fingerprint density at radius 3 is 2.61 bits per heavy atom. The van der Waals surface area contributed by atoms with Gasteiger partial charge in [0, 0.05) is 19.3 Å². The van der Waals surface area contributed by atoms with Crippen molar-refractivity contribution < 1.29 is 13.9 Å². The molecule has 0 aromatic heterocycles. The first-order valence-corrected chi connectivity index (χ1v) is 8.06. The van der Waals surface area contributed by atoms with Crippen LogP contribution in [0.15, 0.2) is 24.3 Å². The number of amides is 1. The van der Waals surface area contributed by atoms with Crippen molar-refractivity contribution >= 4 is 18.3 Å². The molecule has 1 aromatic carbocycles. The second-order valence-corrected chi connectivity index (χ2v) is 6.20. The van der Waals surface area contributed by atoms with Crippen molar-refractivity contribution in [3.8, 4) is 0 Å². The lowest BCUT2D eigenvalue weighted by atomic mass is 9.73. The monoisotopic (exact) mass is 342 g/mol. The Kier molecular flexibility index (Phi) is 6.39. The van der Waals surface area contributed by atoms with E-state index >= 15 is 0 Å². The lowest BCUT2D eigenvalue weighted by molar-refractivity contribution is -0.131. The molecule has 0 aliphatic carbocycles. The summed E-state index contributed by atoms with van der Waals surface area (Å²) in [4.78, 5) is 13.0. The smallest absolute Gasteiger partial charge is 0.231 e. The maximum Gasteiger partial charge on any atom is 0.231 e. The van der Waals surface area contributed by atoms with Crippen molar-refractivity contribution in [2.45, 2.75) is 37.1 Å². The summed E-state index contributed by atoms with van der Waals surface area (Å²) >= 11 is 0. The first-order valence-electron chi connectivity index (χ1n) is 8.06. The zero-order chi connectivity index (χ0) is 15.4. The van der Waals surface area contributed by atoms with E-state index in [9.17, 15) is 9.18 Å². The summed E-state index contributed by atoms with van der Waals surface area (Å²) < 4.78 is 19.1. The van der Waals surface area contributed by atoms with E-state index in [-0.39, 0.29) is 30.2 Å². The summed E-state index contributed by atoms with van der Waals surface area (Å²) in [5.74, 6) is -0.272. The zero-order valence-corrected chi connectivity index (χ0v) is 14.0. The van der Waals surface area contributed by atoms with Crippen molar-refractivity contribution in [3.63, 3.8) is 0 Å². The fraction of sp³-hybridized carbons (Fsp3) is 0.588. The minimum absolute atomic E-state index is 0. The molecule has 0 bridgehead atoms. The van der Waals surface area contributed by atoms with Crippen LogP contribution < -0.4 is 10.6 Å². The van der Waals surface area contributed by atoms with E-state index in [0.29, 0.717) is 26.1 Å². The molecule has 2 saturated heterocycles. The number of hydrogen-bond acceptors (Lipinski definition) is 3. The van der Waals surface area contributed by atoms with Crippen molar-refractivity contribution in [2.75, 3.05) is 26.3 Å². The number of nitrogens with one attached hydrogen (secondary N) is 2. The molecule has 23 heavy (non-hydrogen) atoms. The van der Waals surface area contributed by atoms with Crippen LogP contribution in [-0.4, -0.2) is 38.3 Å². The number of rotatable bonds is 3. The van der Waals surface area contributed by atoms with E-state index in [1.165, 1.54) is 12.1 Å². The number of carbonyl (C=O) groups is 1. The third-order valence-corrected chi connectivity index (χ3v) is 4.83. The summed E-state index contributed by atoms with van der Waals surface area (Å²) in [6, 6.07) is 6.66. The molecule has 4 nitrogen and oxygen atoms in total. The third-order valence-electron chi connectivity index (χ3n) is 4.83. The molecule has 2 aliphatic heterocycles. The van der Waals surface area contributed by atoms with Crippen molar-refractivity contribution in [3.05, 3.63) is 35.6 Å². The van der Waals surface area contributed by atoms with Gasteiger partial charge in [0.05, 0.1) is 5.41 Å². The van der Waals surface area contributed by atoms with E-state index in [1.807, 2.05) is 6.07 Å². The van der Waals surface area contributed by atoms with Crippen LogP contribution in [-0.2, 0) is 14.9 Å². The molecule has 128 valence electrons. The summed E-state index contributed by atoms with van der Waals surface area (Å²) in [5, 5.41) is 6.49. The Labute approximate surface area is 142 Å². The summed E-state index contributed by atoms with van der Waals surface area (Å²) in [6.07, 6.45) is 3.10. The number of halogens is 2. The number of carbonyl (C=O) groups excluding carboxylic acids is 1. The maximum atomic E-state index is 13.6. The van der Waals surface area contributed by atoms with Crippen molar-refractivity contribution in [1.82, 2.24) is 10.6 Å². The first-order chi connectivity index (χ1) is 10.7. The lowest BCUT2D eigenvalue weighted by Gasteiger charge is -2.38. The molecule has 0 unspecified atom stereocenters. The van der Waals surface area contributed by atoms with E-state index in [1.54, 1.807) is 6.07 Å². The van der Waals surface area contributed by atoms with Crippen LogP contribution in [0, 0.1) is 5.82 Å². The Bertz CT molecular complexity index is 529. The molecule has 2 heterocycles. The van der Waals surface area contributed by atoms with Crippen LogP contribution in [0.4, 0.5) is 4.39 Å². The van der Waals surface area contributed by atoms with Crippen LogP contribution in [0.3, 0.4) is 0 Å². The van der Waals surface area contributed by atoms with Crippen LogP contribution in [0.5, 0.6) is 0 Å². The minimum Gasteiger partial charge on any atom is -0.381 e. The van der Waals surface area contributed by atoms with E-state index < -0.39 is 5.41 Å². The van der Waals surface area contributed by atoms with E-state index in [0.717, 1.165) is 31.5 Å². The Morgan fingerprint density at radius 2 is 1.96 bits per heavy atom. The molecule has 6 heteroatoms. The summed E-state index contributed by atoms with van der Waals surface area (Å²) in [6.45, 7) is 2.94. The molecule has 3 rings (SSSR count). The van der Waals surface area contributed by atoms with Gasteiger partial charge in [0.2, 0.25) is 5.91 Å². The quantitative estimate of drug-likeness (QED) is 0.885. The lowest BCUT2D eigenvalue weighted by Crippen LogP contribution is -2.52. The van der Waals surface area contributed by atoms with Gasteiger partial charge >= 0.3 is 0 Å². The zero-order valence-electron chi connectivity index (χ0n) is 13.1. The normalized spacial score (nSPS) is 21.3. The summed E-state index contributed by atoms with van der Waals surface area (Å²) in [7, 11) is 0. The van der Waals surface area contributed by atoms with Gasteiger partial charge in [-0.2, -0.15) is 0 Å². The van der Waals surface area contributed by atoms with Crippen LogP contribution in [0.1, 0.15) is 31.2 Å². The van der Waals surface area contributed by atoms with Gasteiger partial charge in [-0.1, -0.05) is 12.1 Å². The molecule has 2 N–H and O–H groups in total. The number of benzene rings is 1. The van der Waals surface area contributed by atoms with Gasteiger partial charge in [-0.15, -0.1) is 12.4 Å². The topological polar surface area (TPSA) is 50.4 Å². The predicted octanol–water partition coefficient (Wildman–Crippen LogP) is 2.16. The summed E-state index contributed by atoms with van der Waals surface area (Å²) in [5.41, 5.74) is 0.104. The minimum atomic E-state index is -0.661. The second-order valence-electron chi connectivity index (χ2n) is 6.20. The molecule has 0 spiro atoms. The van der Waals surface area contributed by atoms with Gasteiger partial charge in [0.15, 0.2) is 0 Å². The highest BCUT2D eigenvalue weighted by Crippen LogP contribution is 2.35. The Morgan fingerprint density at radius 1 is 1.26 bits per heavy atom. The first kappa shape index (κ1) is 18.2. The van der Waals surface area contributed by atoms with Gasteiger partial charge < -0.3 is 15.4 Å². The Balaban J connectivity index is 0.00000192. The Hall–Kier alpha value is -1.17. The SMILES string of the molecule is Cl.O=C(NC1CCNCC1)C1(c2cccc(F)c2)CCOCC1. The predicted molar refractivity (Wildman–Crippen MR) is 89.4 cm³/mol. The molecule has 0 saturated carbocycles. The molecule has 1 aromatic rings. The standard InChI is InChI=1S/C17H23FN2O2.ClH/c18-14-3-1-2-13(12-14)17(6-10-22-11-7-17)16(21)20-15-4-8-19-9-5-15;/h1-3,12,15,19H,4-11H2,(H,20,21);1H. The molecule has 1 amide bonds. The van der Waals surface area contributed by atoms with E-state index in [4.69, 9.17) is 4.74 Å². The highest BCUT2D eigenvalue weighted by Gasteiger charge is 2.42. The number of ether oxygens (including phenoxy) is 1.